The maximum atomic E-state index is 6.01. The van der Waals surface area contributed by atoms with Gasteiger partial charge >= 0.3 is 0 Å². The van der Waals surface area contributed by atoms with E-state index in [0.29, 0.717) is 12.4 Å². The number of nitrogens with zero attached hydrogens (tertiary/aromatic N) is 4. The molecule has 0 amide bonds. The average Bonchev–Trinajstić information content (AvgIpc) is 3.35. The Kier molecular flexibility index (Phi) is 4.75. The lowest BCUT2D eigenvalue weighted by Crippen LogP contribution is -2.18. The van der Waals surface area contributed by atoms with Gasteiger partial charge in [0.05, 0.1) is 13.7 Å². The van der Waals surface area contributed by atoms with Crippen molar-refractivity contribution < 1.29 is 4.74 Å². The van der Waals surface area contributed by atoms with Crippen molar-refractivity contribution in [1.29, 1.82) is 0 Å². The molecule has 0 aliphatic heterocycles. The van der Waals surface area contributed by atoms with Crippen LogP contribution < -0.4 is 9.64 Å². The molecule has 134 valence electrons. The molecule has 1 fully saturated rings. The number of H-pyrrole nitrogens is 1. The fourth-order valence-electron chi connectivity index (χ4n) is 2.89. The van der Waals surface area contributed by atoms with E-state index in [0.717, 1.165) is 35.2 Å². The molecular weight excluding hydrogens is 350 g/mol. The Hall–Kier alpha value is -2.60. The number of hydrogen-bond donors (Lipinski definition) is 1. The maximum absolute atomic E-state index is 6.01. The number of benzene rings is 1. The van der Waals surface area contributed by atoms with Gasteiger partial charge in [-0.2, -0.15) is 5.10 Å². The molecule has 0 atom stereocenters. The van der Waals surface area contributed by atoms with Crippen molar-refractivity contribution in [2.24, 2.45) is 5.92 Å². The van der Waals surface area contributed by atoms with Gasteiger partial charge in [0.1, 0.15) is 11.6 Å². The van der Waals surface area contributed by atoms with E-state index >= 15 is 0 Å². The zero-order valence-corrected chi connectivity index (χ0v) is 15.3. The second kappa shape index (κ2) is 7.33. The predicted octanol–water partition coefficient (Wildman–Crippen LogP) is 4.15. The third-order valence-electron chi connectivity index (χ3n) is 4.49. The maximum Gasteiger partial charge on any atom is 0.224 e. The monoisotopic (exact) mass is 369 g/mol. The second-order valence-corrected chi connectivity index (χ2v) is 6.86. The van der Waals surface area contributed by atoms with Crippen LogP contribution in [0, 0.1) is 5.92 Å². The van der Waals surface area contributed by atoms with E-state index < -0.39 is 0 Å². The number of nitrogens with one attached hydrogen (secondary N) is 1. The van der Waals surface area contributed by atoms with Crippen molar-refractivity contribution in [2.75, 3.05) is 12.0 Å². The largest absolute Gasteiger partial charge is 0.497 e. The minimum absolute atomic E-state index is 0.218. The van der Waals surface area contributed by atoms with E-state index in [4.69, 9.17) is 16.3 Å². The van der Waals surface area contributed by atoms with Crippen molar-refractivity contribution in [3.05, 3.63) is 59.1 Å². The van der Waals surface area contributed by atoms with Crippen LogP contribution in [0.3, 0.4) is 0 Å². The summed E-state index contributed by atoms with van der Waals surface area (Å²) in [7, 11) is 1.66. The summed E-state index contributed by atoms with van der Waals surface area (Å²) in [6.45, 7) is 0.616. The first-order chi connectivity index (χ1) is 12.7. The number of hydrogen-bond acceptors (Lipinski definition) is 5. The minimum atomic E-state index is 0.218. The van der Waals surface area contributed by atoms with Gasteiger partial charge in [-0.05, 0) is 60.5 Å². The van der Waals surface area contributed by atoms with Crippen LogP contribution in [0.5, 0.6) is 5.75 Å². The van der Waals surface area contributed by atoms with Crippen molar-refractivity contribution in [3.63, 3.8) is 0 Å². The van der Waals surface area contributed by atoms with Crippen molar-refractivity contribution in [2.45, 2.75) is 25.8 Å². The highest BCUT2D eigenvalue weighted by Crippen LogP contribution is 2.33. The SMILES string of the molecule is COc1ccc(CN(c2cc(CC3CC3)[nH]n2)c2ccnc(Cl)n2)cc1. The Balaban J connectivity index is 1.62. The number of ether oxygens (including phenoxy) is 1. The quantitative estimate of drug-likeness (QED) is 0.633. The zero-order valence-electron chi connectivity index (χ0n) is 14.5. The van der Waals surface area contributed by atoms with Crippen LogP contribution in [0.2, 0.25) is 5.28 Å². The zero-order chi connectivity index (χ0) is 17.9. The lowest BCUT2D eigenvalue weighted by molar-refractivity contribution is 0.414. The van der Waals surface area contributed by atoms with Gasteiger partial charge in [0.25, 0.3) is 0 Å². The van der Waals surface area contributed by atoms with Crippen LogP contribution in [-0.4, -0.2) is 27.3 Å². The van der Waals surface area contributed by atoms with Gasteiger partial charge in [-0.3, -0.25) is 5.10 Å². The van der Waals surface area contributed by atoms with Gasteiger partial charge in [-0.1, -0.05) is 12.1 Å². The Morgan fingerprint density at radius 3 is 2.69 bits per heavy atom. The molecule has 26 heavy (non-hydrogen) atoms. The molecule has 2 aromatic heterocycles. The second-order valence-electron chi connectivity index (χ2n) is 6.52. The van der Waals surface area contributed by atoms with Crippen LogP contribution in [0.25, 0.3) is 0 Å². The van der Waals surface area contributed by atoms with Gasteiger partial charge in [-0.15, -0.1) is 0 Å². The molecule has 3 aromatic rings. The highest BCUT2D eigenvalue weighted by Gasteiger charge is 2.23. The van der Waals surface area contributed by atoms with Crippen molar-refractivity contribution in [1.82, 2.24) is 20.2 Å². The fraction of sp³-hybridized carbons (Fsp3) is 0.316. The summed E-state index contributed by atoms with van der Waals surface area (Å²) in [5.41, 5.74) is 2.27. The highest BCUT2D eigenvalue weighted by atomic mass is 35.5. The third kappa shape index (κ3) is 3.96. The molecule has 1 aliphatic carbocycles. The minimum Gasteiger partial charge on any atom is -0.497 e. The first-order valence-corrected chi connectivity index (χ1v) is 9.02. The Bertz CT molecular complexity index is 876. The third-order valence-corrected chi connectivity index (χ3v) is 4.67. The van der Waals surface area contributed by atoms with Gasteiger partial charge in [0, 0.05) is 18.0 Å². The number of methoxy groups -OCH3 is 1. The molecule has 6 nitrogen and oxygen atoms in total. The van der Waals surface area contributed by atoms with Crippen molar-refractivity contribution >= 4 is 23.2 Å². The summed E-state index contributed by atoms with van der Waals surface area (Å²) in [6, 6.07) is 11.9. The van der Waals surface area contributed by atoms with E-state index in [1.165, 1.54) is 12.8 Å². The molecule has 1 aromatic carbocycles. The molecule has 1 N–H and O–H groups in total. The van der Waals surface area contributed by atoms with Crippen LogP contribution >= 0.6 is 11.6 Å². The van der Waals surface area contributed by atoms with Crippen molar-refractivity contribution in [3.8, 4) is 5.75 Å². The number of aromatic nitrogens is 4. The number of aromatic amines is 1. The normalized spacial score (nSPS) is 13.6. The van der Waals surface area contributed by atoms with Gasteiger partial charge in [-0.25, -0.2) is 9.97 Å². The van der Waals surface area contributed by atoms with Gasteiger partial charge in [0.2, 0.25) is 5.28 Å². The van der Waals surface area contributed by atoms with Gasteiger partial charge < -0.3 is 9.64 Å². The van der Waals surface area contributed by atoms with Crippen LogP contribution in [-0.2, 0) is 13.0 Å². The molecule has 0 saturated heterocycles. The lowest BCUT2D eigenvalue weighted by Gasteiger charge is -2.21. The van der Waals surface area contributed by atoms with E-state index in [-0.39, 0.29) is 5.28 Å². The van der Waals surface area contributed by atoms with E-state index in [9.17, 15) is 0 Å². The van der Waals surface area contributed by atoms with Crippen LogP contribution in [0.1, 0.15) is 24.1 Å². The highest BCUT2D eigenvalue weighted by molar-refractivity contribution is 6.28. The first kappa shape index (κ1) is 16.8. The first-order valence-electron chi connectivity index (χ1n) is 8.64. The van der Waals surface area contributed by atoms with E-state index in [2.05, 4.69) is 26.2 Å². The number of anilines is 2. The molecule has 0 unspecified atom stereocenters. The summed E-state index contributed by atoms with van der Waals surface area (Å²) < 4.78 is 5.24. The molecule has 7 heteroatoms. The topological polar surface area (TPSA) is 66.9 Å². The Morgan fingerprint density at radius 1 is 1.19 bits per heavy atom. The summed E-state index contributed by atoms with van der Waals surface area (Å²) in [6.07, 6.45) is 5.33. The summed E-state index contributed by atoms with van der Waals surface area (Å²) in [5, 5.41) is 7.88. The van der Waals surface area contributed by atoms with Crippen LogP contribution in [0.4, 0.5) is 11.6 Å². The van der Waals surface area contributed by atoms with E-state index in [1.807, 2.05) is 35.2 Å². The molecule has 0 spiro atoms. The fourth-order valence-corrected chi connectivity index (χ4v) is 3.04. The molecule has 1 aliphatic rings. The summed E-state index contributed by atoms with van der Waals surface area (Å²) in [4.78, 5) is 10.4. The molecule has 2 heterocycles. The van der Waals surface area contributed by atoms with E-state index in [1.54, 1.807) is 13.3 Å². The number of rotatable bonds is 7. The summed E-state index contributed by atoms with van der Waals surface area (Å²) >= 11 is 6.01. The number of halogens is 1. The summed E-state index contributed by atoms with van der Waals surface area (Å²) in [5.74, 6) is 3.17. The Labute approximate surface area is 157 Å². The average molecular weight is 370 g/mol. The molecule has 4 rings (SSSR count). The van der Waals surface area contributed by atoms with Gasteiger partial charge in [0.15, 0.2) is 5.82 Å². The molecule has 1 saturated carbocycles. The lowest BCUT2D eigenvalue weighted by atomic mass is 10.2. The molecule has 0 radical (unpaired) electrons. The predicted molar refractivity (Wildman–Crippen MR) is 101 cm³/mol. The van der Waals surface area contributed by atoms with Crippen LogP contribution in [0.15, 0.2) is 42.6 Å². The standard InChI is InChI=1S/C19H20ClN5O/c1-26-16-6-4-14(5-7-16)12-25(17-8-9-21-19(20)22-17)18-11-15(23-24-18)10-13-2-3-13/h4-9,11,13H,2-3,10,12H2,1H3,(H,23,24). The molecule has 0 bridgehead atoms. The smallest absolute Gasteiger partial charge is 0.224 e. The molecular formula is C19H20ClN5O. The Morgan fingerprint density at radius 2 is 2.00 bits per heavy atom.